The van der Waals surface area contributed by atoms with Crippen molar-refractivity contribution in [2.24, 2.45) is 5.92 Å². The molecule has 1 atom stereocenters. The number of urea groups is 1. The van der Waals surface area contributed by atoms with Crippen LogP contribution in [0.3, 0.4) is 0 Å². The van der Waals surface area contributed by atoms with Crippen molar-refractivity contribution in [2.45, 2.75) is 70.9 Å². The molecule has 2 rings (SSSR count). The van der Waals surface area contributed by atoms with E-state index in [0.29, 0.717) is 0 Å². The number of carbonyl (C=O) groups excluding carboxylic acids is 2. The highest BCUT2D eigenvalue weighted by atomic mass is 16.2. The Hall–Kier alpha value is -1.10. The first-order valence-electron chi connectivity index (χ1n) is 8.52. The lowest BCUT2D eigenvalue weighted by molar-refractivity contribution is -0.920. The maximum atomic E-state index is 12.2. The summed E-state index contributed by atoms with van der Waals surface area (Å²) in [5, 5.41) is 5.46. The van der Waals surface area contributed by atoms with Crippen molar-refractivity contribution in [1.29, 1.82) is 0 Å². The number of piperidine rings is 1. The Morgan fingerprint density at radius 2 is 1.67 bits per heavy atom. The van der Waals surface area contributed by atoms with Crippen LogP contribution in [0.15, 0.2) is 0 Å². The van der Waals surface area contributed by atoms with Crippen molar-refractivity contribution < 1.29 is 14.5 Å². The fourth-order valence-electron chi connectivity index (χ4n) is 3.44. The predicted octanol–water partition coefficient (Wildman–Crippen LogP) is 0.848. The molecule has 120 valence electrons. The van der Waals surface area contributed by atoms with Gasteiger partial charge >= 0.3 is 6.03 Å². The van der Waals surface area contributed by atoms with Gasteiger partial charge in [-0.2, -0.15) is 0 Å². The van der Waals surface area contributed by atoms with Gasteiger partial charge in [0.1, 0.15) is 0 Å². The number of hydrogen-bond acceptors (Lipinski definition) is 2. The zero-order chi connectivity index (χ0) is 15.2. The minimum atomic E-state index is -0.316. The number of amides is 3. The maximum absolute atomic E-state index is 12.2. The van der Waals surface area contributed by atoms with Gasteiger partial charge in [0.15, 0.2) is 6.04 Å². The summed E-state index contributed by atoms with van der Waals surface area (Å²) < 4.78 is 0. The van der Waals surface area contributed by atoms with Gasteiger partial charge < -0.3 is 10.2 Å². The molecule has 0 bridgehead atoms. The molecule has 1 aliphatic carbocycles. The van der Waals surface area contributed by atoms with E-state index in [1.807, 2.05) is 6.92 Å². The van der Waals surface area contributed by atoms with E-state index in [2.05, 4.69) is 17.6 Å². The molecule has 0 aromatic rings. The molecule has 5 heteroatoms. The third-order valence-electron chi connectivity index (χ3n) is 5.10. The first kappa shape index (κ1) is 16.3. The van der Waals surface area contributed by atoms with E-state index >= 15 is 0 Å². The Kier molecular flexibility index (Phi) is 6.03. The summed E-state index contributed by atoms with van der Waals surface area (Å²) in [6.07, 6.45) is 8.00. The van der Waals surface area contributed by atoms with Crippen LogP contribution in [0, 0.1) is 5.92 Å². The van der Waals surface area contributed by atoms with E-state index in [4.69, 9.17) is 0 Å². The second-order valence-corrected chi connectivity index (χ2v) is 6.86. The van der Waals surface area contributed by atoms with Gasteiger partial charge in [-0.3, -0.25) is 10.1 Å². The van der Waals surface area contributed by atoms with E-state index in [0.717, 1.165) is 31.8 Å². The van der Waals surface area contributed by atoms with Crippen molar-refractivity contribution in [1.82, 2.24) is 10.6 Å². The number of imide groups is 1. The van der Waals surface area contributed by atoms with Gasteiger partial charge in [-0.05, 0) is 38.5 Å². The Morgan fingerprint density at radius 3 is 2.29 bits per heavy atom. The lowest BCUT2D eigenvalue weighted by atomic mass is 9.96. The van der Waals surface area contributed by atoms with Crippen LogP contribution in [-0.2, 0) is 4.79 Å². The number of rotatable bonds is 3. The summed E-state index contributed by atoms with van der Waals surface area (Å²) in [4.78, 5) is 25.4. The summed E-state index contributed by atoms with van der Waals surface area (Å²) in [6, 6.07) is -0.219. The van der Waals surface area contributed by atoms with Crippen molar-refractivity contribution >= 4 is 11.9 Å². The molecule has 2 aliphatic rings. The second-order valence-electron chi connectivity index (χ2n) is 6.86. The lowest BCUT2D eigenvalue weighted by Gasteiger charge is -2.31. The molecule has 21 heavy (non-hydrogen) atoms. The third kappa shape index (κ3) is 4.99. The monoisotopic (exact) mass is 296 g/mol. The fraction of sp³-hybridized carbons (Fsp3) is 0.875. The topological polar surface area (TPSA) is 62.6 Å². The van der Waals surface area contributed by atoms with Crippen LogP contribution in [0.4, 0.5) is 4.79 Å². The van der Waals surface area contributed by atoms with Gasteiger partial charge in [-0.25, -0.2) is 4.79 Å². The molecule has 3 amide bonds. The van der Waals surface area contributed by atoms with Gasteiger partial charge in [0.2, 0.25) is 0 Å². The first-order valence-corrected chi connectivity index (χ1v) is 8.52. The Balaban J connectivity index is 1.73. The maximum Gasteiger partial charge on any atom is 0.321 e. The van der Waals surface area contributed by atoms with Gasteiger partial charge in [-0.1, -0.05) is 26.2 Å². The molecule has 1 saturated carbocycles. The highest BCUT2D eigenvalue weighted by molar-refractivity contribution is 5.96. The minimum absolute atomic E-state index is 0.144. The highest BCUT2D eigenvalue weighted by Gasteiger charge is 2.29. The smallest absolute Gasteiger partial charge is 0.321 e. The average Bonchev–Trinajstić information content (AvgIpc) is 2.48. The molecule has 1 heterocycles. The first-order chi connectivity index (χ1) is 10.1. The summed E-state index contributed by atoms with van der Waals surface area (Å²) in [5.74, 6) is 0.617. The van der Waals surface area contributed by atoms with Crippen LogP contribution < -0.4 is 15.5 Å². The van der Waals surface area contributed by atoms with Crippen LogP contribution in [0.2, 0.25) is 0 Å². The van der Waals surface area contributed by atoms with Gasteiger partial charge in [0.25, 0.3) is 5.91 Å². The van der Waals surface area contributed by atoms with Crippen molar-refractivity contribution in [2.75, 3.05) is 13.1 Å². The van der Waals surface area contributed by atoms with Crippen molar-refractivity contribution in [3.05, 3.63) is 0 Å². The van der Waals surface area contributed by atoms with Gasteiger partial charge in [-0.15, -0.1) is 0 Å². The second kappa shape index (κ2) is 7.78. The summed E-state index contributed by atoms with van der Waals surface area (Å²) in [6.45, 7) is 6.24. The van der Waals surface area contributed by atoms with E-state index in [9.17, 15) is 9.59 Å². The van der Waals surface area contributed by atoms with E-state index in [1.165, 1.54) is 37.0 Å². The number of nitrogens with one attached hydrogen (secondary N) is 3. The van der Waals surface area contributed by atoms with Gasteiger partial charge in [0, 0.05) is 6.04 Å². The number of carbonyl (C=O) groups is 2. The Bertz CT molecular complexity index is 359. The van der Waals surface area contributed by atoms with Crippen molar-refractivity contribution in [3.63, 3.8) is 0 Å². The zero-order valence-corrected chi connectivity index (χ0v) is 13.4. The van der Waals surface area contributed by atoms with E-state index < -0.39 is 0 Å². The third-order valence-corrected chi connectivity index (χ3v) is 5.10. The number of hydrogen-bond donors (Lipinski definition) is 3. The molecule has 1 saturated heterocycles. The van der Waals surface area contributed by atoms with E-state index in [1.54, 1.807) is 0 Å². The summed E-state index contributed by atoms with van der Waals surface area (Å²) in [5.41, 5.74) is 0. The molecular formula is C16H30N3O2+. The summed E-state index contributed by atoms with van der Waals surface area (Å²) >= 11 is 0. The number of quaternary nitrogens is 1. The normalized spacial score (nSPS) is 28.7. The summed E-state index contributed by atoms with van der Waals surface area (Å²) in [7, 11) is 0. The SMILES string of the molecule is CC1CC[NH+]([C@H](C)C(=O)NC(=O)NC2CCCCC2)CC1. The Labute approximate surface area is 127 Å². The zero-order valence-electron chi connectivity index (χ0n) is 13.4. The lowest BCUT2D eigenvalue weighted by Crippen LogP contribution is -3.17. The molecule has 0 unspecified atom stereocenters. The quantitative estimate of drug-likeness (QED) is 0.723. The van der Waals surface area contributed by atoms with E-state index in [-0.39, 0.29) is 24.0 Å². The molecule has 0 aromatic carbocycles. The molecule has 0 aromatic heterocycles. The van der Waals surface area contributed by atoms with Gasteiger partial charge in [0.05, 0.1) is 13.1 Å². The molecule has 0 radical (unpaired) electrons. The van der Waals surface area contributed by atoms with Crippen LogP contribution in [0.1, 0.15) is 58.8 Å². The average molecular weight is 296 g/mol. The van der Waals surface area contributed by atoms with Crippen molar-refractivity contribution in [3.8, 4) is 0 Å². The fourth-order valence-corrected chi connectivity index (χ4v) is 3.44. The number of likely N-dealkylation sites (tertiary alicyclic amines) is 1. The standard InChI is InChI=1S/C16H29N3O2/c1-12-8-10-19(11-9-12)13(2)15(20)18-16(21)17-14-6-4-3-5-7-14/h12-14H,3-11H2,1-2H3,(H2,17,18,20,21)/p+1/t13-/m1/s1. The van der Waals surface area contributed by atoms with Crippen LogP contribution in [0.25, 0.3) is 0 Å². The predicted molar refractivity (Wildman–Crippen MR) is 82.1 cm³/mol. The molecule has 5 nitrogen and oxygen atoms in total. The highest BCUT2D eigenvalue weighted by Crippen LogP contribution is 2.17. The van der Waals surface area contributed by atoms with Crippen LogP contribution in [0.5, 0.6) is 0 Å². The molecule has 2 fully saturated rings. The molecule has 1 aliphatic heterocycles. The molecule has 0 spiro atoms. The minimum Gasteiger partial charge on any atom is -0.335 e. The van der Waals surface area contributed by atoms with Crippen LogP contribution >= 0.6 is 0 Å². The molecule has 3 N–H and O–H groups in total. The largest absolute Gasteiger partial charge is 0.335 e. The Morgan fingerprint density at radius 1 is 1.05 bits per heavy atom. The molecular weight excluding hydrogens is 266 g/mol. The van der Waals surface area contributed by atoms with Crippen LogP contribution in [-0.4, -0.2) is 37.1 Å².